The van der Waals surface area contributed by atoms with E-state index in [-0.39, 0.29) is 0 Å². The molecule has 2 saturated heterocycles. The van der Waals surface area contributed by atoms with E-state index in [0.29, 0.717) is 5.56 Å². The maximum Gasteiger partial charge on any atom is 0.253 e. The fraction of sp³-hybridized carbons (Fsp3) is 0.714. The minimum absolute atomic E-state index is 0.450. The van der Waals surface area contributed by atoms with Gasteiger partial charge in [0, 0.05) is 6.42 Å². The van der Waals surface area contributed by atoms with Gasteiger partial charge in [0.05, 0.1) is 18.1 Å². The van der Waals surface area contributed by atoms with Crippen LogP contribution in [0.25, 0.3) is 0 Å². The fourth-order valence-corrected chi connectivity index (χ4v) is 6.22. The minimum Gasteiger partial charge on any atom is -0.394 e. The van der Waals surface area contributed by atoms with Gasteiger partial charge < -0.3 is 55.1 Å². The summed E-state index contributed by atoms with van der Waals surface area (Å²) in [4.78, 5) is -3.87. The molecule has 0 bridgehead atoms. The van der Waals surface area contributed by atoms with E-state index in [9.17, 15) is 49.3 Å². The van der Waals surface area contributed by atoms with E-state index >= 15 is 0 Å². The molecule has 0 radical (unpaired) electrons. The Labute approximate surface area is 201 Å². The van der Waals surface area contributed by atoms with Crippen LogP contribution in [0.4, 0.5) is 0 Å². The van der Waals surface area contributed by atoms with Crippen molar-refractivity contribution in [2.75, 3.05) is 13.2 Å². The van der Waals surface area contributed by atoms with Crippen molar-refractivity contribution in [2.45, 2.75) is 84.9 Å². The smallest absolute Gasteiger partial charge is 0.253 e. The van der Waals surface area contributed by atoms with Gasteiger partial charge in [0.1, 0.15) is 42.7 Å². The van der Waals surface area contributed by atoms with Crippen LogP contribution in [-0.2, 0) is 24.0 Å². The highest BCUT2D eigenvalue weighted by molar-refractivity contribution is 7.92. The zero-order valence-corrected chi connectivity index (χ0v) is 19.9. The molecule has 14 heteroatoms. The molecule has 0 aliphatic carbocycles. The molecule has 10 atom stereocenters. The van der Waals surface area contributed by atoms with Gasteiger partial charge >= 0.3 is 0 Å². The molecule has 35 heavy (non-hydrogen) atoms. The monoisotopic (exact) mass is 524 g/mol. The minimum atomic E-state index is -4.96. The average Bonchev–Trinajstić information content (AvgIpc) is 2.84. The second kappa shape index (κ2) is 10.2. The van der Waals surface area contributed by atoms with Crippen molar-refractivity contribution in [1.82, 2.24) is 0 Å². The molecule has 0 spiro atoms. The third kappa shape index (κ3) is 4.52. The number of aliphatic hydroxyl groups is 8. The number of rotatable bonds is 7. The summed E-state index contributed by atoms with van der Waals surface area (Å²) in [5.74, 6) is -2.90. The van der Waals surface area contributed by atoms with Crippen molar-refractivity contribution in [3.05, 3.63) is 29.8 Å². The van der Waals surface area contributed by atoms with Gasteiger partial charge in [-0.3, -0.25) is 0 Å². The number of hydrogen-bond donors (Lipinski definition) is 8. The van der Waals surface area contributed by atoms with Gasteiger partial charge in [0.15, 0.2) is 6.29 Å². The van der Waals surface area contributed by atoms with E-state index in [2.05, 4.69) is 0 Å². The zero-order valence-electron chi connectivity index (χ0n) is 19.1. The Morgan fingerprint density at radius 1 is 0.943 bits per heavy atom. The molecule has 2 aliphatic heterocycles. The zero-order chi connectivity index (χ0) is 26.3. The summed E-state index contributed by atoms with van der Waals surface area (Å²) in [6.45, 7) is 1.26. The average molecular weight is 525 g/mol. The molecule has 0 saturated carbocycles. The Balaban J connectivity index is 2.05. The maximum absolute atomic E-state index is 13.5. The van der Waals surface area contributed by atoms with E-state index in [1.807, 2.05) is 0 Å². The summed E-state index contributed by atoms with van der Waals surface area (Å²) in [6.07, 6.45) is -15.3. The number of hydrogen-bond acceptors (Lipinski definition) is 13. The lowest BCUT2D eigenvalue weighted by Crippen LogP contribution is -2.76. The van der Waals surface area contributed by atoms with Crippen molar-refractivity contribution in [1.29, 1.82) is 0 Å². The molecule has 2 aliphatic rings. The van der Waals surface area contributed by atoms with E-state index < -0.39 is 94.1 Å². The van der Waals surface area contributed by atoms with Crippen LogP contribution >= 0.6 is 0 Å². The lowest BCUT2D eigenvalue weighted by Gasteiger charge is -2.53. The molecular formula is C21H32O13S. The molecule has 3 rings (SSSR count). The van der Waals surface area contributed by atoms with E-state index in [0.717, 1.165) is 12.1 Å². The number of aryl methyl sites for hydroxylation is 1. The first kappa shape index (κ1) is 28.3. The third-order valence-corrected chi connectivity index (χ3v) is 8.80. The quantitative estimate of drug-likeness (QED) is 0.173. The first-order chi connectivity index (χ1) is 16.3. The van der Waals surface area contributed by atoms with Gasteiger partial charge in [-0.05, 0) is 19.1 Å². The predicted molar refractivity (Wildman–Crippen MR) is 115 cm³/mol. The number of aliphatic hydroxyl groups excluding tert-OH is 6. The molecule has 13 nitrogen and oxygen atoms in total. The Morgan fingerprint density at radius 3 is 2.03 bits per heavy atom. The fourth-order valence-electron chi connectivity index (χ4n) is 4.30. The summed E-state index contributed by atoms with van der Waals surface area (Å²) in [7, 11) is -4.96. The predicted octanol–water partition coefficient (Wildman–Crippen LogP) is -3.51. The lowest BCUT2D eigenvalue weighted by molar-refractivity contribution is -0.393. The molecule has 1 aromatic rings. The van der Waals surface area contributed by atoms with Crippen LogP contribution in [0.1, 0.15) is 18.9 Å². The molecule has 1 unspecified atom stereocenters. The van der Waals surface area contributed by atoms with Crippen LogP contribution in [0.2, 0.25) is 0 Å². The number of sulfone groups is 1. The molecular weight excluding hydrogens is 492 g/mol. The van der Waals surface area contributed by atoms with Gasteiger partial charge in [-0.1, -0.05) is 24.6 Å². The van der Waals surface area contributed by atoms with E-state index in [4.69, 9.17) is 14.2 Å². The maximum atomic E-state index is 13.5. The molecule has 0 aromatic heterocycles. The summed E-state index contributed by atoms with van der Waals surface area (Å²) in [5.41, 5.74) is 0.700. The van der Waals surface area contributed by atoms with Crippen molar-refractivity contribution in [3.63, 3.8) is 0 Å². The molecule has 2 fully saturated rings. The second-order valence-corrected chi connectivity index (χ2v) is 10.8. The van der Waals surface area contributed by atoms with Crippen molar-refractivity contribution >= 4 is 9.84 Å². The molecule has 1 aromatic carbocycles. The summed E-state index contributed by atoms with van der Waals surface area (Å²) in [6, 6.07) is 5.21. The second-order valence-electron chi connectivity index (χ2n) is 8.73. The number of benzene rings is 1. The lowest BCUT2D eigenvalue weighted by atomic mass is 9.90. The first-order valence-electron chi connectivity index (χ1n) is 11.0. The van der Waals surface area contributed by atoms with Crippen LogP contribution in [0.5, 0.6) is 0 Å². The topological polar surface area (TPSA) is 224 Å². The summed E-state index contributed by atoms with van der Waals surface area (Å²) < 4.78 is 43.2. The molecule has 8 N–H and O–H groups in total. The summed E-state index contributed by atoms with van der Waals surface area (Å²) >= 11 is 0. The van der Waals surface area contributed by atoms with E-state index in [1.54, 1.807) is 6.92 Å². The van der Waals surface area contributed by atoms with Gasteiger partial charge in [0.2, 0.25) is 15.6 Å². The van der Waals surface area contributed by atoms with Crippen molar-refractivity contribution in [3.8, 4) is 0 Å². The van der Waals surface area contributed by atoms with Gasteiger partial charge in [-0.2, -0.15) is 0 Å². The Kier molecular flexibility index (Phi) is 8.28. The Morgan fingerprint density at radius 2 is 1.51 bits per heavy atom. The van der Waals surface area contributed by atoms with Crippen molar-refractivity contribution < 1.29 is 63.5 Å². The third-order valence-electron chi connectivity index (χ3n) is 6.52. The highest BCUT2D eigenvalue weighted by Crippen LogP contribution is 2.46. The first-order valence-corrected chi connectivity index (χ1v) is 12.5. The standard InChI is InChI=1S/C21H32O13S/c1-3-20(28)21(29,35(30,31)11-6-4-10(2)5-7-11)18(27)17(13(9-23)34-20)33-19-16(26)15(25)14(24)12(8-22)32-19/h4-7,12-19,22-29H,3,8-9H2,1-2H3/t12-,13-,14+,15+,16-,17-,18+,19+,20?,21+/m1/s1. The van der Waals surface area contributed by atoms with Crippen LogP contribution in [0.3, 0.4) is 0 Å². The van der Waals surface area contributed by atoms with Gasteiger partial charge in [-0.15, -0.1) is 0 Å². The molecule has 200 valence electrons. The van der Waals surface area contributed by atoms with Crippen molar-refractivity contribution in [2.24, 2.45) is 0 Å². The van der Waals surface area contributed by atoms with Crippen LogP contribution in [0.15, 0.2) is 29.2 Å². The Bertz CT molecular complexity index is 970. The van der Waals surface area contributed by atoms with Crippen LogP contribution in [-0.4, -0.2) is 122 Å². The van der Waals surface area contributed by atoms with E-state index in [1.165, 1.54) is 19.1 Å². The van der Waals surface area contributed by atoms with Crippen LogP contribution in [0, 0.1) is 6.92 Å². The van der Waals surface area contributed by atoms with Gasteiger partial charge in [0.25, 0.3) is 4.93 Å². The Hall–Kier alpha value is -1.27. The molecule has 0 amide bonds. The van der Waals surface area contributed by atoms with Crippen LogP contribution < -0.4 is 0 Å². The highest BCUT2D eigenvalue weighted by Gasteiger charge is 2.70. The number of ether oxygens (including phenoxy) is 3. The SMILES string of the molecule is CCC1(O)O[C@H](CO)[C@@H](O[C@@H]2O[C@H](CO)[C@H](O)[C@H](O)[C@H]2O)[C@H](O)[C@]1(O)S(=O)(=O)c1ccc(C)cc1. The normalized spacial score (nSPS) is 42.7. The molecule has 2 heterocycles. The highest BCUT2D eigenvalue weighted by atomic mass is 32.2. The van der Waals surface area contributed by atoms with Gasteiger partial charge in [-0.25, -0.2) is 8.42 Å². The largest absolute Gasteiger partial charge is 0.394 e. The summed E-state index contributed by atoms with van der Waals surface area (Å²) in [5, 5.41) is 83.2.